The second-order valence-corrected chi connectivity index (χ2v) is 9.53. The van der Waals surface area contributed by atoms with E-state index in [-0.39, 0.29) is 40.6 Å². The summed E-state index contributed by atoms with van der Waals surface area (Å²) in [6, 6.07) is 7.42. The molecule has 0 aliphatic carbocycles. The topological polar surface area (TPSA) is 160 Å². The Hall–Kier alpha value is -4.10. The molecule has 186 valence electrons. The second-order valence-electron chi connectivity index (χ2n) is 8.63. The first-order valence-electron chi connectivity index (χ1n) is 11.0. The molecule has 1 unspecified atom stereocenters. The zero-order valence-corrected chi connectivity index (χ0v) is 20.4. The van der Waals surface area contributed by atoms with Crippen LogP contribution < -0.4 is 16.7 Å². The fraction of sp³-hybridized carbons (Fsp3) is 0.217. The number of rotatable bonds is 6. The number of aryl methyl sites for hydroxylation is 1. The fourth-order valence-corrected chi connectivity index (χ4v) is 4.69. The van der Waals surface area contributed by atoms with Gasteiger partial charge in [-0.3, -0.25) is 18.4 Å². The molecule has 0 bridgehead atoms. The number of halogens is 1. The molecule has 3 heterocycles. The Morgan fingerprint density at radius 1 is 1.25 bits per heavy atom. The number of nitrogens with two attached hydrogens (primary N) is 1. The van der Waals surface area contributed by atoms with Crippen molar-refractivity contribution in [2.24, 2.45) is 0 Å². The van der Waals surface area contributed by atoms with Crippen LogP contribution in [0.4, 0.5) is 21.8 Å². The molecule has 0 spiro atoms. The fourth-order valence-electron chi connectivity index (χ4n) is 4.24. The van der Waals surface area contributed by atoms with Crippen molar-refractivity contribution < 1.29 is 13.2 Å². The lowest BCUT2D eigenvalue weighted by Gasteiger charge is -2.11. The Balaban J connectivity index is 1.67. The van der Waals surface area contributed by atoms with E-state index in [4.69, 9.17) is 5.73 Å². The smallest absolute Gasteiger partial charge is 0.335 e. The van der Waals surface area contributed by atoms with Crippen molar-refractivity contribution >= 4 is 50.6 Å². The van der Waals surface area contributed by atoms with E-state index >= 15 is 0 Å². The Labute approximate surface area is 206 Å². The maximum absolute atomic E-state index is 14.6. The Morgan fingerprint density at radius 3 is 2.72 bits per heavy atom. The van der Waals surface area contributed by atoms with Crippen LogP contribution in [0.2, 0.25) is 0 Å². The highest BCUT2D eigenvalue weighted by atomic mass is 32.2. The van der Waals surface area contributed by atoms with E-state index in [1.54, 1.807) is 6.20 Å². The largest absolute Gasteiger partial charge is 0.772 e. The van der Waals surface area contributed by atoms with Crippen LogP contribution in [0.3, 0.4) is 0 Å². The van der Waals surface area contributed by atoms with E-state index in [1.165, 1.54) is 21.3 Å². The van der Waals surface area contributed by atoms with Gasteiger partial charge in [-0.15, -0.1) is 0 Å². The van der Waals surface area contributed by atoms with Crippen LogP contribution in [0.1, 0.15) is 31.0 Å². The van der Waals surface area contributed by atoms with E-state index in [1.807, 2.05) is 32.9 Å². The highest BCUT2D eigenvalue weighted by Crippen LogP contribution is 2.30. The van der Waals surface area contributed by atoms with Crippen molar-refractivity contribution in [3.63, 3.8) is 0 Å². The van der Waals surface area contributed by atoms with Gasteiger partial charge in [0.15, 0.2) is 11.5 Å². The van der Waals surface area contributed by atoms with E-state index in [2.05, 4.69) is 25.5 Å². The SMILES string of the molecule is Cc1ccc(-n2c(=O)n(C(C)C)c3nc(Nc4ccc(CS(=O)[O-])cc4F)nc(N)c32)c2cn[nH]c12. The maximum Gasteiger partial charge on any atom is 0.335 e. The third kappa shape index (κ3) is 3.91. The molecule has 2 aromatic carbocycles. The van der Waals surface area contributed by atoms with Crippen LogP contribution in [0.25, 0.3) is 27.8 Å². The molecule has 0 aliphatic rings. The standard InChI is InChI=1S/C23H23FN8O3S/c1-11(2)31-21-19(32(23(31)33)17-7-4-12(3)18-14(17)9-26-30-18)20(25)28-22(29-21)27-16-6-5-13(8-15(16)24)10-36(34)35/h4-9,11H,10H2,1-3H3,(H,26,30)(H,34,35)(H3,25,27,28,29)/p-1. The lowest BCUT2D eigenvalue weighted by atomic mass is 10.1. The van der Waals surface area contributed by atoms with Crippen LogP contribution in [0.5, 0.6) is 0 Å². The van der Waals surface area contributed by atoms with Gasteiger partial charge in [-0.1, -0.05) is 23.2 Å². The van der Waals surface area contributed by atoms with Gasteiger partial charge in [0.25, 0.3) is 0 Å². The molecule has 13 heteroatoms. The van der Waals surface area contributed by atoms with Crippen molar-refractivity contribution in [2.75, 3.05) is 11.1 Å². The van der Waals surface area contributed by atoms with Gasteiger partial charge in [0.1, 0.15) is 11.3 Å². The number of imidazole rings is 1. The lowest BCUT2D eigenvalue weighted by Crippen LogP contribution is -2.24. The number of nitrogen functional groups attached to an aromatic ring is 1. The van der Waals surface area contributed by atoms with Gasteiger partial charge in [0, 0.05) is 17.2 Å². The highest BCUT2D eigenvalue weighted by molar-refractivity contribution is 7.78. The molecule has 0 aliphatic heterocycles. The number of aromatic amines is 1. The molecule has 0 radical (unpaired) electrons. The molecule has 0 fully saturated rings. The average molecular weight is 510 g/mol. The first kappa shape index (κ1) is 23.6. The molecule has 36 heavy (non-hydrogen) atoms. The third-order valence-electron chi connectivity index (χ3n) is 5.86. The van der Waals surface area contributed by atoms with Crippen LogP contribution in [0.15, 0.2) is 41.3 Å². The van der Waals surface area contributed by atoms with Gasteiger partial charge in [-0.2, -0.15) is 15.1 Å². The molecule has 11 nitrogen and oxygen atoms in total. The molecule has 5 rings (SSSR count). The van der Waals surface area contributed by atoms with Crippen molar-refractivity contribution in [1.29, 1.82) is 0 Å². The maximum atomic E-state index is 14.6. The summed E-state index contributed by atoms with van der Waals surface area (Å²) in [4.78, 5) is 22.4. The number of benzene rings is 2. The summed E-state index contributed by atoms with van der Waals surface area (Å²) >= 11 is -2.34. The van der Waals surface area contributed by atoms with E-state index in [0.717, 1.165) is 22.5 Å². The van der Waals surface area contributed by atoms with E-state index in [0.29, 0.717) is 16.8 Å². The van der Waals surface area contributed by atoms with Crippen LogP contribution in [-0.2, 0) is 16.8 Å². The van der Waals surface area contributed by atoms with Gasteiger partial charge in [0.05, 0.1) is 23.1 Å². The lowest BCUT2D eigenvalue weighted by molar-refractivity contribution is 0.536. The summed E-state index contributed by atoms with van der Waals surface area (Å²) in [5.41, 5.74) is 9.26. The summed E-state index contributed by atoms with van der Waals surface area (Å²) in [5.74, 6) is -0.969. The molecule has 0 saturated carbocycles. The number of aromatic nitrogens is 6. The van der Waals surface area contributed by atoms with Crippen molar-refractivity contribution in [3.8, 4) is 5.69 Å². The third-order valence-corrected chi connectivity index (χ3v) is 6.43. The number of hydrogen-bond acceptors (Lipinski definition) is 8. The predicted octanol–water partition coefficient (Wildman–Crippen LogP) is 3.19. The summed E-state index contributed by atoms with van der Waals surface area (Å²) in [6.45, 7) is 5.63. The van der Waals surface area contributed by atoms with Gasteiger partial charge in [0.2, 0.25) is 5.95 Å². The quantitative estimate of drug-likeness (QED) is 0.294. The monoisotopic (exact) mass is 509 g/mol. The van der Waals surface area contributed by atoms with Gasteiger partial charge in [-0.05, 0) is 50.1 Å². The number of nitrogens with zero attached hydrogens (tertiary/aromatic N) is 5. The summed E-state index contributed by atoms with van der Waals surface area (Å²) < 4.78 is 39.4. The van der Waals surface area contributed by atoms with Crippen molar-refractivity contribution in [1.82, 2.24) is 29.3 Å². The molecule has 4 N–H and O–H groups in total. The van der Waals surface area contributed by atoms with Crippen LogP contribution in [0, 0.1) is 12.7 Å². The van der Waals surface area contributed by atoms with E-state index < -0.39 is 16.9 Å². The van der Waals surface area contributed by atoms with Crippen LogP contribution >= 0.6 is 0 Å². The summed E-state index contributed by atoms with van der Waals surface area (Å²) in [7, 11) is 0. The second kappa shape index (κ2) is 8.84. The highest BCUT2D eigenvalue weighted by Gasteiger charge is 2.24. The predicted molar refractivity (Wildman–Crippen MR) is 135 cm³/mol. The van der Waals surface area contributed by atoms with Crippen LogP contribution in [-0.4, -0.2) is 38.1 Å². The molecular formula is C23H22FN8O3S-. The summed E-state index contributed by atoms with van der Waals surface area (Å²) in [6.07, 6.45) is 1.64. The molecule has 5 aromatic rings. The molecular weight excluding hydrogens is 487 g/mol. The average Bonchev–Trinajstić information content (AvgIpc) is 3.39. The number of nitrogens with one attached hydrogen (secondary N) is 2. The molecule has 3 aromatic heterocycles. The van der Waals surface area contributed by atoms with Crippen molar-refractivity contribution in [3.05, 3.63) is 64.0 Å². The normalized spacial score (nSPS) is 12.6. The molecule has 1 atom stereocenters. The number of H-pyrrole nitrogens is 1. The first-order chi connectivity index (χ1) is 17.2. The Morgan fingerprint density at radius 2 is 2.03 bits per heavy atom. The zero-order valence-electron chi connectivity index (χ0n) is 19.6. The number of anilines is 3. The van der Waals surface area contributed by atoms with Gasteiger partial charge < -0.3 is 15.6 Å². The van der Waals surface area contributed by atoms with E-state index in [9.17, 15) is 17.9 Å². The first-order valence-corrected chi connectivity index (χ1v) is 12.2. The Bertz CT molecular complexity index is 1720. The summed E-state index contributed by atoms with van der Waals surface area (Å²) in [5, 5.41) is 10.6. The van der Waals surface area contributed by atoms with Gasteiger partial charge >= 0.3 is 5.69 Å². The minimum absolute atomic E-state index is 0.0111. The number of hydrogen-bond donors (Lipinski definition) is 3. The van der Waals surface area contributed by atoms with Gasteiger partial charge in [-0.25, -0.2) is 9.18 Å². The number of fused-ring (bicyclic) bond motifs is 2. The Kier molecular flexibility index (Phi) is 5.80. The zero-order chi connectivity index (χ0) is 25.7. The molecule has 0 amide bonds. The van der Waals surface area contributed by atoms with Crippen molar-refractivity contribution in [2.45, 2.75) is 32.6 Å². The molecule has 0 saturated heterocycles. The minimum atomic E-state index is -2.34. The minimum Gasteiger partial charge on any atom is -0.772 e.